The highest BCUT2D eigenvalue weighted by molar-refractivity contribution is 14.1. The van der Waals surface area contributed by atoms with Crippen molar-refractivity contribution in [2.24, 2.45) is 0 Å². The molecule has 0 aliphatic heterocycles. The summed E-state index contributed by atoms with van der Waals surface area (Å²) in [5.74, 6) is 0. The van der Waals surface area contributed by atoms with Gasteiger partial charge in [0, 0.05) is 14.6 Å². The van der Waals surface area contributed by atoms with E-state index in [1.54, 1.807) is 25.1 Å². The molecule has 0 atom stereocenters. The highest BCUT2D eigenvalue weighted by Crippen LogP contribution is 2.22. The minimum atomic E-state index is -3.33. The molecule has 0 saturated carbocycles. The smallest absolute Gasteiger partial charge is 0.211 e. The van der Waals surface area contributed by atoms with Crippen molar-refractivity contribution in [2.45, 2.75) is 11.8 Å². The average molecular weight is 390 g/mol. The van der Waals surface area contributed by atoms with Gasteiger partial charge >= 0.3 is 0 Å². The van der Waals surface area contributed by atoms with Crippen LogP contribution in [0, 0.1) is 3.57 Å². The van der Waals surface area contributed by atoms with Gasteiger partial charge in [-0.3, -0.25) is 0 Å². The number of hydrogen-bond acceptors (Lipinski definition) is 2. The molecule has 1 aromatic carbocycles. The van der Waals surface area contributed by atoms with Crippen molar-refractivity contribution in [3.05, 3.63) is 26.2 Å². The summed E-state index contributed by atoms with van der Waals surface area (Å²) in [6.07, 6.45) is 0. The maximum Gasteiger partial charge on any atom is 0.240 e. The van der Waals surface area contributed by atoms with E-state index in [0.717, 1.165) is 8.04 Å². The highest BCUT2D eigenvalue weighted by Gasteiger charge is 2.13. The molecule has 78 valence electrons. The molecule has 0 radical (unpaired) electrons. The van der Waals surface area contributed by atoms with Crippen LogP contribution in [-0.4, -0.2) is 15.0 Å². The van der Waals surface area contributed by atoms with Crippen molar-refractivity contribution < 1.29 is 8.42 Å². The van der Waals surface area contributed by atoms with Crippen LogP contribution < -0.4 is 4.72 Å². The summed E-state index contributed by atoms with van der Waals surface area (Å²) in [6, 6.07) is 4.93. The number of nitrogens with one attached hydrogen (secondary N) is 1. The predicted molar refractivity (Wildman–Crippen MR) is 67.7 cm³/mol. The van der Waals surface area contributed by atoms with Gasteiger partial charge in [-0.05, 0) is 56.7 Å². The summed E-state index contributed by atoms with van der Waals surface area (Å²) in [5, 5.41) is 0. The Labute approximate surface area is 106 Å². The third-order valence-corrected chi connectivity index (χ3v) is 5.40. The van der Waals surface area contributed by atoms with Gasteiger partial charge in [0.25, 0.3) is 0 Å². The molecule has 14 heavy (non-hydrogen) atoms. The van der Waals surface area contributed by atoms with Gasteiger partial charge in [-0.25, -0.2) is 13.1 Å². The van der Waals surface area contributed by atoms with Crippen molar-refractivity contribution in [2.75, 3.05) is 6.54 Å². The van der Waals surface area contributed by atoms with Crippen LogP contribution in [0.3, 0.4) is 0 Å². The van der Waals surface area contributed by atoms with Gasteiger partial charge in [-0.1, -0.05) is 6.92 Å². The Morgan fingerprint density at radius 2 is 2.14 bits per heavy atom. The molecule has 0 heterocycles. The van der Waals surface area contributed by atoms with Crippen LogP contribution in [0.25, 0.3) is 0 Å². The van der Waals surface area contributed by atoms with Crippen LogP contribution in [0.5, 0.6) is 0 Å². The van der Waals surface area contributed by atoms with Gasteiger partial charge in [-0.15, -0.1) is 0 Å². The Kier molecular flexibility index (Phi) is 4.35. The predicted octanol–water partition coefficient (Wildman–Crippen LogP) is 2.35. The standard InChI is InChI=1S/C8H9BrINO2S/c1-2-11-14(12,13)6-3-4-7(9)8(10)5-6/h3-5,11H,2H2,1H3. The summed E-state index contributed by atoms with van der Waals surface area (Å²) in [7, 11) is -3.33. The third-order valence-electron chi connectivity index (χ3n) is 1.54. The molecular formula is C8H9BrINO2S. The van der Waals surface area contributed by atoms with Gasteiger partial charge in [0.2, 0.25) is 10.0 Å². The van der Waals surface area contributed by atoms with Crippen LogP contribution in [0.1, 0.15) is 6.92 Å². The molecule has 0 fully saturated rings. The topological polar surface area (TPSA) is 46.2 Å². The van der Waals surface area contributed by atoms with Gasteiger partial charge < -0.3 is 0 Å². The first-order chi connectivity index (χ1) is 6.47. The minimum Gasteiger partial charge on any atom is -0.211 e. The van der Waals surface area contributed by atoms with Crippen molar-refractivity contribution in [3.8, 4) is 0 Å². The van der Waals surface area contributed by atoms with E-state index in [9.17, 15) is 8.42 Å². The zero-order chi connectivity index (χ0) is 10.8. The highest BCUT2D eigenvalue weighted by atomic mass is 127. The monoisotopic (exact) mass is 389 g/mol. The molecular weight excluding hydrogens is 381 g/mol. The Morgan fingerprint density at radius 1 is 1.50 bits per heavy atom. The van der Waals surface area contributed by atoms with E-state index in [2.05, 4.69) is 43.2 Å². The lowest BCUT2D eigenvalue weighted by Crippen LogP contribution is -2.23. The summed E-state index contributed by atoms with van der Waals surface area (Å²) in [4.78, 5) is 0.298. The van der Waals surface area contributed by atoms with Crippen molar-refractivity contribution in [3.63, 3.8) is 0 Å². The molecule has 0 unspecified atom stereocenters. The number of hydrogen-bond donors (Lipinski definition) is 1. The second kappa shape index (κ2) is 4.91. The maximum absolute atomic E-state index is 11.6. The molecule has 0 aliphatic carbocycles. The van der Waals surface area contributed by atoms with E-state index in [0.29, 0.717) is 11.4 Å². The number of sulfonamides is 1. The van der Waals surface area contributed by atoms with E-state index in [1.807, 2.05) is 0 Å². The summed E-state index contributed by atoms with van der Waals surface area (Å²) < 4.78 is 27.3. The fourth-order valence-corrected chi connectivity index (χ4v) is 2.96. The van der Waals surface area contributed by atoms with Crippen LogP contribution >= 0.6 is 38.5 Å². The quantitative estimate of drug-likeness (QED) is 0.806. The summed E-state index contributed by atoms with van der Waals surface area (Å²) in [5.41, 5.74) is 0. The fourth-order valence-electron chi connectivity index (χ4n) is 0.917. The summed E-state index contributed by atoms with van der Waals surface area (Å²) in [6.45, 7) is 2.15. The zero-order valence-electron chi connectivity index (χ0n) is 7.42. The molecule has 1 aromatic rings. The molecule has 1 N–H and O–H groups in total. The Hall–Kier alpha value is 0.340. The number of benzene rings is 1. The third kappa shape index (κ3) is 2.91. The average Bonchev–Trinajstić information content (AvgIpc) is 2.09. The number of rotatable bonds is 3. The van der Waals surface area contributed by atoms with E-state index < -0.39 is 10.0 Å². The van der Waals surface area contributed by atoms with Gasteiger partial charge in [-0.2, -0.15) is 0 Å². The van der Waals surface area contributed by atoms with Crippen LogP contribution in [0.4, 0.5) is 0 Å². The second-order valence-corrected chi connectivity index (χ2v) is 6.36. The van der Waals surface area contributed by atoms with Crippen LogP contribution in [0.15, 0.2) is 27.6 Å². The molecule has 0 saturated heterocycles. The molecule has 6 heteroatoms. The van der Waals surface area contributed by atoms with Crippen LogP contribution in [0.2, 0.25) is 0 Å². The van der Waals surface area contributed by atoms with Crippen molar-refractivity contribution in [1.29, 1.82) is 0 Å². The van der Waals surface area contributed by atoms with Gasteiger partial charge in [0.1, 0.15) is 0 Å². The zero-order valence-corrected chi connectivity index (χ0v) is 12.0. The molecule has 0 aromatic heterocycles. The maximum atomic E-state index is 11.6. The van der Waals surface area contributed by atoms with E-state index in [-0.39, 0.29) is 0 Å². The van der Waals surface area contributed by atoms with E-state index >= 15 is 0 Å². The lowest BCUT2D eigenvalue weighted by Gasteiger charge is -2.05. The van der Waals surface area contributed by atoms with Crippen LogP contribution in [-0.2, 0) is 10.0 Å². The Balaban J connectivity index is 3.15. The molecule has 1 rings (SSSR count). The minimum absolute atomic E-state index is 0.298. The SMILES string of the molecule is CCNS(=O)(=O)c1ccc(Br)c(I)c1. The molecule has 3 nitrogen and oxygen atoms in total. The number of halogens is 2. The van der Waals surface area contributed by atoms with Crippen molar-refractivity contribution in [1.82, 2.24) is 4.72 Å². The first-order valence-corrected chi connectivity index (χ1v) is 7.27. The lowest BCUT2D eigenvalue weighted by atomic mass is 10.4. The van der Waals surface area contributed by atoms with E-state index in [4.69, 9.17) is 0 Å². The Morgan fingerprint density at radius 3 is 2.64 bits per heavy atom. The normalized spacial score (nSPS) is 11.6. The van der Waals surface area contributed by atoms with E-state index in [1.165, 1.54) is 0 Å². The Bertz CT molecular complexity index is 433. The van der Waals surface area contributed by atoms with Crippen molar-refractivity contribution >= 4 is 48.5 Å². The molecule has 0 amide bonds. The lowest BCUT2D eigenvalue weighted by molar-refractivity contribution is 0.584. The molecule has 0 spiro atoms. The summed E-state index contributed by atoms with van der Waals surface area (Å²) >= 11 is 5.39. The first-order valence-electron chi connectivity index (χ1n) is 3.92. The van der Waals surface area contributed by atoms with Gasteiger partial charge in [0.05, 0.1) is 4.90 Å². The largest absolute Gasteiger partial charge is 0.240 e. The second-order valence-electron chi connectivity index (χ2n) is 2.58. The fraction of sp³-hybridized carbons (Fsp3) is 0.250. The molecule has 0 bridgehead atoms. The first kappa shape index (κ1) is 12.4. The van der Waals surface area contributed by atoms with Gasteiger partial charge in [0.15, 0.2) is 0 Å². The molecule has 0 aliphatic rings.